The second-order valence-electron chi connectivity index (χ2n) is 5.64. The van der Waals surface area contributed by atoms with Crippen LogP contribution in [0, 0.1) is 12.7 Å². The molecule has 0 aliphatic heterocycles. The van der Waals surface area contributed by atoms with Gasteiger partial charge in [0, 0.05) is 24.1 Å². The molecule has 0 aliphatic carbocycles. The first kappa shape index (κ1) is 17.7. The molecule has 0 saturated carbocycles. The molecule has 138 valence electrons. The number of aryl methyl sites for hydroxylation is 1. The lowest BCUT2D eigenvalue weighted by atomic mass is 10.1. The molecule has 0 unspecified atom stereocenters. The normalized spacial score (nSPS) is 11.2. The number of nitrogens with zero attached hydrogens (tertiary/aromatic N) is 4. The topological polar surface area (TPSA) is 85.3 Å². The van der Waals surface area contributed by atoms with Gasteiger partial charge in [-0.3, -0.25) is 9.20 Å². The lowest BCUT2D eigenvalue weighted by Gasteiger charge is -2.07. The van der Waals surface area contributed by atoms with Gasteiger partial charge in [0.1, 0.15) is 17.3 Å². The minimum absolute atomic E-state index is 0.170. The summed E-state index contributed by atoms with van der Waals surface area (Å²) in [4.78, 5) is 21.8. The van der Waals surface area contributed by atoms with E-state index in [1.165, 1.54) is 35.2 Å². The Morgan fingerprint density at radius 1 is 1.33 bits per heavy atom. The lowest BCUT2D eigenvalue weighted by Crippen LogP contribution is -2.16. The SMILES string of the molecule is Cc1nc(CSCC(=O)Nc2c(-c3ccc(F)cc3)nc3sccn23)no1. The van der Waals surface area contributed by atoms with Crippen LogP contribution in [-0.4, -0.2) is 31.2 Å². The van der Waals surface area contributed by atoms with Crippen molar-refractivity contribution in [2.24, 2.45) is 0 Å². The highest BCUT2D eigenvalue weighted by atomic mass is 32.2. The van der Waals surface area contributed by atoms with Crippen LogP contribution >= 0.6 is 23.1 Å². The first-order chi connectivity index (χ1) is 13.1. The van der Waals surface area contributed by atoms with Gasteiger partial charge in [-0.1, -0.05) is 5.16 Å². The molecule has 27 heavy (non-hydrogen) atoms. The number of carbonyl (C=O) groups is 1. The van der Waals surface area contributed by atoms with Crippen LogP contribution in [0.4, 0.5) is 10.2 Å². The van der Waals surface area contributed by atoms with Crippen molar-refractivity contribution >= 4 is 39.8 Å². The minimum atomic E-state index is -0.321. The number of thioether (sulfide) groups is 1. The van der Waals surface area contributed by atoms with E-state index in [0.717, 1.165) is 10.5 Å². The van der Waals surface area contributed by atoms with Gasteiger partial charge in [-0.2, -0.15) is 4.98 Å². The monoisotopic (exact) mass is 403 g/mol. The van der Waals surface area contributed by atoms with E-state index in [1.807, 2.05) is 16.0 Å². The van der Waals surface area contributed by atoms with Gasteiger partial charge in [-0.25, -0.2) is 9.37 Å². The molecule has 4 rings (SSSR count). The number of hydrogen-bond acceptors (Lipinski definition) is 7. The van der Waals surface area contributed by atoms with Crippen molar-refractivity contribution in [3.05, 3.63) is 53.4 Å². The van der Waals surface area contributed by atoms with Crippen molar-refractivity contribution in [3.8, 4) is 11.3 Å². The number of imidazole rings is 1. The molecule has 1 amide bonds. The summed E-state index contributed by atoms with van der Waals surface area (Å²) in [5.74, 6) is 1.85. The number of thiazole rings is 1. The number of halogens is 1. The van der Waals surface area contributed by atoms with Gasteiger partial charge in [0.15, 0.2) is 10.8 Å². The summed E-state index contributed by atoms with van der Waals surface area (Å²) in [5.41, 5.74) is 1.34. The zero-order chi connectivity index (χ0) is 18.8. The summed E-state index contributed by atoms with van der Waals surface area (Å²) < 4.78 is 19.9. The first-order valence-corrected chi connectivity index (χ1v) is 10.0. The Morgan fingerprint density at radius 2 is 2.15 bits per heavy atom. The summed E-state index contributed by atoms with van der Waals surface area (Å²) in [6.45, 7) is 1.72. The van der Waals surface area contributed by atoms with Crippen molar-refractivity contribution in [1.82, 2.24) is 19.5 Å². The van der Waals surface area contributed by atoms with Crippen LogP contribution in [0.25, 0.3) is 16.2 Å². The number of nitrogens with one attached hydrogen (secondary N) is 1. The molecule has 1 aromatic carbocycles. The van der Waals surface area contributed by atoms with Gasteiger partial charge in [-0.15, -0.1) is 23.1 Å². The highest BCUT2D eigenvalue weighted by Gasteiger charge is 2.17. The smallest absolute Gasteiger partial charge is 0.235 e. The third-order valence-corrected chi connectivity index (χ3v) is 5.36. The third-order valence-electron chi connectivity index (χ3n) is 3.67. The molecule has 0 bridgehead atoms. The van der Waals surface area contributed by atoms with E-state index in [4.69, 9.17) is 4.52 Å². The fraction of sp³-hybridized carbons (Fsp3) is 0.176. The Bertz CT molecular complexity index is 1090. The van der Waals surface area contributed by atoms with E-state index in [9.17, 15) is 9.18 Å². The standard InChI is InChI=1S/C17H14FN5O2S2/c1-10-19-13(22-25-10)8-26-9-14(24)20-16-15(11-2-4-12(18)5-3-11)21-17-23(16)6-7-27-17/h2-7H,8-9H2,1H3,(H,20,24). The molecule has 0 saturated heterocycles. The van der Waals surface area contributed by atoms with Gasteiger partial charge >= 0.3 is 0 Å². The van der Waals surface area contributed by atoms with Crippen LogP contribution in [0.1, 0.15) is 11.7 Å². The zero-order valence-corrected chi connectivity index (χ0v) is 15.8. The predicted octanol–water partition coefficient (Wildman–Crippen LogP) is 3.77. The molecule has 0 atom stereocenters. The maximum Gasteiger partial charge on any atom is 0.235 e. The molecule has 4 aromatic rings. The molecule has 3 aromatic heterocycles. The first-order valence-electron chi connectivity index (χ1n) is 7.98. The average molecular weight is 403 g/mol. The molecule has 10 heteroatoms. The van der Waals surface area contributed by atoms with Crippen LogP contribution in [0.5, 0.6) is 0 Å². The van der Waals surface area contributed by atoms with Crippen LogP contribution in [0.2, 0.25) is 0 Å². The van der Waals surface area contributed by atoms with Crippen molar-refractivity contribution in [3.63, 3.8) is 0 Å². The van der Waals surface area contributed by atoms with Crippen molar-refractivity contribution in [1.29, 1.82) is 0 Å². The van der Waals surface area contributed by atoms with Crippen LogP contribution in [0.3, 0.4) is 0 Å². The Hall–Kier alpha value is -2.72. The number of aromatic nitrogens is 4. The van der Waals surface area contributed by atoms with Gasteiger partial charge in [-0.05, 0) is 24.3 Å². The van der Waals surface area contributed by atoms with Crippen LogP contribution in [-0.2, 0) is 10.5 Å². The number of fused-ring (bicyclic) bond motifs is 1. The fourth-order valence-corrected chi connectivity index (χ4v) is 3.89. The molecular formula is C17H14FN5O2S2. The number of amides is 1. The Kier molecular flexibility index (Phi) is 4.90. The van der Waals surface area contributed by atoms with Crippen LogP contribution in [0.15, 0.2) is 40.4 Å². The molecule has 0 spiro atoms. The number of hydrogen-bond donors (Lipinski definition) is 1. The second-order valence-corrected chi connectivity index (χ2v) is 7.50. The lowest BCUT2D eigenvalue weighted by molar-refractivity contribution is -0.113. The molecule has 0 aliphatic rings. The van der Waals surface area contributed by atoms with Gasteiger partial charge in [0.25, 0.3) is 0 Å². The number of anilines is 1. The van der Waals surface area contributed by atoms with E-state index >= 15 is 0 Å². The molecular weight excluding hydrogens is 389 g/mol. The molecule has 3 heterocycles. The molecule has 0 radical (unpaired) electrons. The number of benzene rings is 1. The largest absolute Gasteiger partial charge is 0.340 e. The predicted molar refractivity (Wildman–Crippen MR) is 102 cm³/mol. The van der Waals surface area contributed by atoms with Crippen molar-refractivity contribution in [2.45, 2.75) is 12.7 Å². The second kappa shape index (κ2) is 7.49. The van der Waals surface area contributed by atoms with E-state index in [2.05, 4.69) is 20.4 Å². The Labute approximate surface area is 161 Å². The number of rotatable bonds is 6. The van der Waals surface area contributed by atoms with E-state index in [0.29, 0.717) is 29.0 Å². The Morgan fingerprint density at radius 3 is 2.89 bits per heavy atom. The average Bonchev–Trinajstić information content (AvgIpc) is 3.34. The van der Waals surface area contributed by atoms with Gasteiger partial charge < -0.3 is 9.84 Å². The van der Waals surface area contributed by atoms with Gasteiger partial charge in [0.05, 0.1) is 11.5 Å². The quantitative estimate of drug-likeness (QED) is 0.528. The summed E-state index contributed by atoms with van der Waals surface area (Å²) in [7, 11) is 0. The summed E-state index contributed by atoms with van der Waals surface area (Å²) in [6.07, 6.45) is 1.84. The number of carbonyl (C=O) groups excluding carboxylic acids is 1. The fourth-order valence-electron chi connectivity index (χ4n) is 2.52. The van der Waals surface area contributed by atoms with Crippen molar-refractivity contribution < 1.29 is 13.7 Å². The highest BCUT2D eigenvalue weighted by molar-refractivity contribution is 7.99. The maximum absolute atomic E-state index is 13.2. The minimum Gasteiger partial charge on any atom is -0.340 e. The van der Waals surface area contributed by atoms with Crippen molar-refractivity contribution in [2.75, 3.05) is 11.1 Å². The van der Waals surface area contributed by atoms with Gasteiger partial charge in [0.2, 0.25) is 11.8 Å². The van der Waals surface area contributed by atoms with E-state index < -0.39 is 0 Å². The molecule has 1 N–H and O–H groups in total. The Balaban J connectivity index is 1.50. The molecule has 0 fully saturated rings. The zero-order valence-electron chi connectivity index (χ0n) is 14.2. The third kappa shape index (κ3) is 3.86. The maximum atomic E-state index is 13.2. The van der Waals surface area contributed by atoms with E-state index in [-0.39, 0.29) is 17.5 Å². The van der Waals surface area contributed by atoms with Crippen LogP contribution < -0.4 is 5.32 Å². The molecule has 7 nitrogen and oxygen atoms in total. The summed E-state index contributed by atoms with van der Waals surface area (Å²) >= 11 is 2.85. The summed E-state index contributed by atoms with van der Waals surface area (Å²) in [5, 5.41) is 8.60. The summed E-state index contributed by atoms with van der Waals surface area (Å²) in [6, 6.07) is 6.03. The van der Waals surface area contributed by atoms with E-state index in [1.54, 1.807) is 19.1 Å². The highest BCUT2D eigenvalue weighted by Crippen LogP contribution is 2.31.